The Morgan fingerprint density at radius 1 is 1.00 bits per heavy atom. The molecule has 1 aromatic rings. The van der Waals surface area contributed by atoms with Crippen molar-refractivity contribution < 1.29 is 9.59 Å². The van der Waals surface area contributed by atoms with Gasteiger partial charge in [0.25, 0.3) is 5.91 Å². The number of fused-ring (bicyclic) bond motifs is 2. The Morgan fingerprint density at radius 2 is 1.71 bits per heavy atom. The van der Waals surface area contributed by atoms with Gasteiger partial charge in [-0.25, -0.2) is 0 Å². The summed E-state index contributed by atoms with van der Waals surface area (Å²) < 4.78 is 0. The lowest BCUT2D eigenvalue weighted by atomic mass is 9.80. The van der Waals surface area contributed by atoms with Gasteiger partial charge in [-0.1, -0.05) is 31.0 Å². The molecule has 1 aromatic carbocycles. The molecule has 1 heterocycles. The minimum atomic E-state index is -0.0941. The summed E-state index contributed by atoms with van der Waals surface area (Å²) in [7, 11) is 0. The SMILES string of the molecule is O=C1NC2CCCCC2C(=O)c2ccccc21. The summed E-state index contributed by atoms with van der Waals surface area (Å²) in [5.41, 5.74) is 1.13. The Balaban J connectivity index is 2.08. The van der Waals surface area contributed by atoms with Crippen molar-refractivity contribution in [3.05, 3.63) is 35.4 Å². The van der Waals surface area contributed by atoms with Crippen molar-refractivity contribution in [2.45, 2.75) is 31.7 Å². The molecule has 1 amide bonds. The van der Waals surface area contributed by atoms with E-state index in [1.54, 1.807) is 18.2 Å². The lowest BCUT2D eigenvalue weighted by Crippen LogP contribution is -2.42. The molecule has 1 saturated carbocycles. The minimum absolute atomic E-state index is 0.0173. The lowest BCUT2D eigenvalue weighted by Gasteiger charge is -2.28. The van der Waals surface area contributed by atoms with Gasteiger partial charge in [0, 0.05) is 17.5 Å². The van der Waals surface area contributed by atoms with E-state index in [-0.39, 0.29) is 23.7 Å². The van der Waals surface area contributed by atoms with Crippen LogP contribution in [0.2, 0.25) is 0 Å². The van der Waals surface area contributed by atoms with Gasteiger partial charge in [-0.3, -0.25) is 9.59 Å². The summed E-state index contributed by atoms with van der Waals surface area (Å²) in [6.07, 6.45) is 4.02. The zero-order chi connectivity index (χ0) is 11.8. The van der Waals surface area contributed by atoms with Gasteiger partial charge in [0.05, 0.1) is 5.56 Å². The largest absolute Gasteiger partial charge is 0.349 e. The summed E-state index contributed by atoms with van der Waals surface area (Å²) in [5.74, 6) is 0.0309. The maximum atomic E-state index is 12.4. The molecule has 1 aliphatic carbocycles. The van der Waals surface area contributed by atoms with Gasteiger partial charge in [-0.15, -0.1) is 0 Å². The quantitative estimate of drug-likeness (QED) is 0.741. The Labute approximate surface area is 100 Å². The molecule has 3 heteroatoms. The number of benzene rings is 1. The van der Waals surface area contributed by atoms with Gasteiger partial charge in [-0.05, 0) is 18.9 Å². The number of hydrogen-bond donors (Lipinski definition) is 1. The van der Waals surface area contributed by atoms with Crippen LogP contribution in [0.5, 0.6) is 0 Å². The Morgan fingerprint density at radius 3 is 2.53 bits per heavy atom. The monoisotopic (exact) mass is 229 g/mol. The van der Waals surface area contributed by atoms with Gasteiger partial charge in [0.2, 0.25) is 0 Å². The number of carbonyl (C=O) groups is 2. The van der Waals surface area contributed by atoms with Gasteiger partial charge in [0.1, 0.15) is 0 Å². The van der Waals surface area contributed by atoms with Crippen LogP contribution >= 0.6 is 0 Å². The van der Waals surface area contributed by atoms with Crippen LogP contribution in [0.4, 0.5) is 0 Å². The van der Waals surface area contributed by atoms with Crippen LogP contribution in [-0.4, -0.2) is 17.7 Å². The second-order valence-corrected chi connectivity index (χ2v) is 4.88. The number of Topliss-reactive ketones (excluding diaryl/α,β-unsaturated/α-hetero) is 1. The van der Waals surface area contributed by atoms with E-state index in [4.69, 9.17) is 0 Å². The van der Waals surface area contributed by atoms with E-state index in [0.29, 0.717) is 11.1 Å². The second kappa shape index (κ2) is 3.99. The Kier molecular flexibility index (Phi) is 2.46. The molecule has 0 spiro atoms. The van der Waals surface area contributed by atoms with Crippen LogP contribution in [-0.2, 0) is 0 Å². The topological polar surface area (TPSA) is 46.2 Å². The highest BCUT2D eigenvalue weighted by Crippen LogP contribution is 2.31. The van der Waals surface area contributed by atoms with Crippen molar-refractivity contribution in [3.63, 3.8) is 0 Å². The highest BCUT2D eigenvalue weighted by atomic mass is 16.2. The number of ketones is 1. The van der Waals surface area contributed by atoms with E-state index >= 15 is 0 Å². The maximum Gasteiger partial charge on any atom is 0.252 e. The fourth-order valence-electron chi connectivity index (χ4n) is 2.96. The lowest BCUT2D eigenvalue weighted by molar-refractivity contribution is 0.0837. The van der Waals surface area contributed by atoms with Gasteiger partial charge in [-0.2, -0.15) is 0 Å². The first kappa shape index (κ1) is 10.5. The number of rotatable bonds is 0. The summed E-state index contributed by atoms with van der Waals surface area (Å²) in [6, 6.07) is 7.18. The molecule has 0 aromatic heterocycles. The molecule has 3 nitrogen and oxygen atoms in total. The molecular formula is C14H15NO2. The van der Waals surface area contributed by atoms with E-state index in [0.717, 1.165) is 25.7 Å². The Bertz CT molecular complexity index is 481. The van der Waals surface area contributed by atoms with E-state index in [1.165, 1.54) is 0 Å². The zero-order valence-corrected chi connectivity index (χ0v) is 9.61. The molecule has 1 fully saturated rings. The molecule has 1 N–H and O–H groups in total. The molecule has 17 heavy (non-hydrogen) atoms. The molecule has 3 rings (SSSR count). The minimum Gasteiger partial charge on any atom is -0.349 e. The third-order valence-corrected chi connectivity index (χ3v) is 3.86. The van der Waals surface area contributed by atoms with Crippen LogP contribution in [0, 0.1) is 5.92 Å². The average molecular weight is 229 g/mol. The standard InChI is InChI=1S/C14H15NO2/c16-13-9-5-1-2-6-10(9)14(17)15-12-8-4-3-7-11(12)13/h1-2,5-6,11-12H,3-4,7-8H2,(H,15,17). The van der Waals surface area contributed by atoms with E-state index in [9.17, 15) is 9.59 Å². The van der Waals surface area contributed by atoms with Crippen molar-refractivity contribution in [2.75, 3.05) is 0 Å². The molecular weight excluding hydrogens is 214 g/mol. The zero-order valence-electron chi connectivity index (χ0n) is 9.61. The van der Waals surface area contributed by atoms with Crippen LogP contribution < -0.4 is 5.32 Å². The molecule has 0 bridgehead atoms. The number of hydrogen-bond acceptors (Lipinski definition) is 2. The first-order chi connectivity index (χ1) is 8.27. The third-order valence-electron chi connectivity index (χ3n) is 3.86. The van der Waals surface area contributed by atoms with E-state index < -0.39 is 0 Å². The number of amides is 1. The van der Waals surface area contributed by atoms with Crippen LogP contribution in [0.25, 0.3) is 0 Å². The van der Waals surface area contributed by atoms with Crippen molar-refractivity contribution in [1.29, 1.82) is 0 Å². The van der Waals surface area contributed by atoms with E-state index in [1.807, 2.05) is 6.07 Å². The van der Waals surface area contributed by atoms with Crippen molar-refractivity contribution in [1.82, 2.24) is 5.32 Å². The first-order valence-corrected chi connectivity index (χ1v) is 6.21. The predicted molar refractivity (Wildman–Crippen MR) is 64.0 cm³/mol. The van der Waals surface area contributed by atoms with Crippen LogP contribution in [0.1, 0.15) is 46.4 Å². The normalized spacial score (nSPS) is 27.8. The molecule has 2 aliphatic rings. The molecule has 88 valence electrons. The highest BCUT2D eigenvalue weighted by Gasteiger charge is 2.37. The van der Waals surface area contributed by atoms with Crippen LogP contribution in [0.3, 0.4) is 0 Å². The molecule has 0 saturated heterocycles. The predicted octanol–water partition coefficient (Wildman–Crippen LogP) is 2.17. The molecule has 2 unspecified atom stereocenters. The first-order valence-electron chi connectivity index (χ1n) is 6.21. The van der Waals surface area contributed by atoms with Crippen molar-refractivity contribution in [3.8, 4) is 0 Å². The summed E-state index contributed by atoms with van der Waals surface area (Å²) in [4.78, 5) is 24.5. The van der Waals surface area contributed by atoms with Gasteiger partial charge < -0.3 is 5.32 Å². The van der Waals surface area contributed by atoms with Gasteiger partial charge in [0.15, 0.2) is 5.78 Å². The molecule has 2 atom stereocenters. The van der Waals surface area contributed by atoms with Gasteiger partial charge >= 0.3 is 0 Å². The summed E-state index contributed by atoms with van der Waals surface area (Å²) in [6.45, 7) is 0. The Hall–Kier alpha value is -1.64. The molecule has 0 radical (unpaired) electrons. The molecule has 1 aliphatic heterocycles. The third kappa shape index (κ3) is 1.66. The average Bonchev–Trinajstić information content (AvgIpc) is 2.48. The second-order valence-electron chi connectivity index (χ2n) is 4.88. The smallest absolute Gasteiger partial charge is 0.252 e. The van der Waals surface area contributed by atoms with E-state index in [2.05, 4.69) is 5.32 Å². The maximum absolute atomic E-state index is 12.4. The number of nitrogens with one attached hydrogen (secondary N) is 1. The van der Waals surface area contributed by atoms with Crippen molar-refractivity contribution >= 4 is 11.7 Å². The fraction of sp³-hybridized carbons (Fsp3) is 0.429. The fourth-order valence-corrected chi connectivity index (χ4v) is 2.96. The van der Waals surface area contributed by atoms with Crippen LogP contribution in [0.15, 0.2) is 24.3 Å². The summed E-state index contributed by atoms with van der Waals surface area (Å²) >= 11 is 0. The number of carbonyl (C=O) groups excluding carboxylic acids is 2. The summed E-state index contributed by atoms with van der Waals surface area (Å²) in [5, 5.41) is 3.01. The highest BCUT2D eigenvalue weighted by molar-refractivity contribution is 6.10. The van der Waals surface area contributed by atoms with Crippen molar-refractivity contribution in [2.24, 2.45) is 5.92 Å².